The zero-order valence-electron chi connectivity index (χ0n) is 17.6. The van der Waals surface area contributed by atoms with E-state index in [0.29, 0.717) is 22.9 Å². The van der Waals surface area contributed by atoms with Gasteiger partial charge in [-0.3, -0.25) is 4.79 Å². The average molecular weight is 402 g/mol. The molecule has 152 valence electrons. The van der Waals surface area contributed by atoms with Crippen molar-refractivity contribution in [3.8, 4) is 0 Å². The monoisotopic (exact) mass is 401 g/mol. The van der Waals surface area contributed by atoms with Crippen LogP contribution in [-0.2, 0) is 9.22 Å². The van der Waals surface area contributed by atoms with Crippen LogP contribution in [0.5, 0.6) is 0 Å². The molecule has 0 aromatic carbocycles. The summed E-state index contributed by atoms with van der Waals surface area (Å²) in [6.45, 7) is 13.2. The van der Waals surface area contributed by atoms with Crippen molar-refractivity contribution in [3.63, 3.8) is 0 Å². The molecule has 0 fully saturated rings. The number of hydrogen-bond donors (Lipinski definition) is 1. The molecule has 7 nitrogen and oxygen atoms in total. The van der Waals surface area contributed by atoms with Crippen molar-refractivity contribution in [2.75, 3.05) is 5.73 Å². The molecule has 0 bridgehead atoms. The molecule has 0 radical (unpaired) electrons. The Kier molecular flexibility index (Phi) is 5.46. The topological polar surface area (TPSA) is 95.9 Å². The van der Waals surface area contributed by atoms with Crippen LogP contribution in [0, 0.1) is 11.8 Å². The van der Waals surface area contributed by atoms with Crippen LogP contribution in [0.15, 0.2) is 24.3 Å². The summed E-state index contributed by atoms with van der Waals surface area (Å²) in [5, 5.41) is 0.204. The zero-order chi connectivity index (χ0) is 20.7. The molecule has 1 aliphatic rings. The molecule has 2 atom stereocenters. The molecule has 0 amide bonds. The summed E-state index contributed by atoms with van der Waals surface area (Å²) in [5.41, 5.74) is 7.58. The van der Waals surface area contributed by atoms with Crippen molar-refractivity contribution in [1.29, 1.82) is 0 Å². The van der Waals surface area contributed by atoms with Crippen LogP contribution >= 0.6 is 0 Å². The number of hydrogen-bond acceptors (Lipinski definition) is 6. The standard InChI is InChI=1S/C20H31N5O2Si/c1-12(2)20(5,6)28-27-19(3,4)15-8-14(7-13(15)9-26)25-11-24-16-17(21)22-10-23-18(16)25/h7,9-12,14-15H,8,28H2,1-6H3,(H2,21,22,23). The molecular weight excluding hydrogens is 370 g/mol. The third kappa shape index (κ3) is 3.75. The Morgan fingerprint density at radius 1 is 1.29 bits per heavy atom. The SMILES string of the molecule is CC(C)C(C)(C)[SiH2]OC(C)(C)C1CC(n2cnc3c(N)ncnc32)C=C1C=O. The molecule has 2 aromatic heterocycles. The molecule has 2 unspecified atom stereocenters. The molecule has 0 saturated heterocycles. The Morgan fingerprint density at radius 2 is 2.00 bits per heavy atom. The number of allylic oxidation sites excluding steroid dienone is 1. The minimum absolute atomic E-state index is 0.00727. The average Bonchev–Trinajstić information content (AvgIpc) is 3.25. The van der Waals surface area contributed by atoms with Gasteiger partial charge in [-0.1, -0.05) is 33.8 Å². The smallest absolute Gasteiger partial charge is 0.168 e. The fraction of sp³-hybridized carbons (Fsp3) is 0.600. The Hall–Kier alpha value is -2.06. The number of anilines is 1. The first-order valence-electron chi connectivity index (χ1n) is 9.80. The highest BCUT2D eigenvalue weighted by Gasteiger charge is 2.40. The van der Waals surface area contributed by atoms with E-state index in [1.54, 1.807) is 6.33 Å². The number of nitrogens with zero attached hydrogens (tertiary/aromatic N) is 4. The predicted molar refractivity (Wildman–Crippen MR) is 114 cm³/mol. The molecule has 0 saturated carbocycles. The Morgan fingerprint density at radius 3 is 2.64 bits per heavy atom. The van der Waals surface area contributed by atoms with E-state index in [2.05, 4.69) is 56.5 Å². The van der Waals surface area contributed by atoms with Crippen LogP contribution < -0.4 is 5.73 Å². The van der Waals surface area contributed by atoms with E-state index >= 15 is 0 Å². The highest BCUT2D eigenvalue weighted by atomic mass is 28.2. The molecule has 0 spiro atoms. The van der Waals surface area contributed by atoms with E-state index < -0.39 is 15.4 Å². The van der Waals surface area contributed by atoms with Gasteiger partial charge in [0.25, 0.3) is 0 Å². The minimum Gasteiger partial charge on any atom is -0.418 e. The van der Waals surface area contributed by atoms with E-state index in [-0.39, 0.29) is 17.0 Å². The quantitative estimate of drug-likeness (QED) is 0.566. The molecule has 2 heterocycles. The van der Waals surface area contributed by atoms with Gasteiger partial charge in [0.1, 0.15) is 18.1 Å². The van der Waals surface area contributed by atoms with Gasteiger partial charge in [-0.25, -0.2) is 15.0 Å². The molecule has 3 rings (SSSR count). The van der Waals surface area contributed by atoms with Gasteiger partial charge in [-0.15, -0.1) is 0 Å². The van der Waals surface area contributed by atoms with Gasteiger partial charge in [0.05, 0.1) is 18.0 Å². The predicted octanol–water partition coefficient (Wildman–Crippen LogP) is 2.83. The Balaban J connectivity index is 1.84. The summed E-state index contributed by atoms with van der Waals surface area (Å²) in [6, 6.07) is -0.00727. The summed E-state index contributed by atoms with van der Waals surface area (Å²) in [4.78, 5) is 24.5. The number of nitrogen functional groups attached to an aromatic ring is 1. The summed E-state index contributed by atoms with van der Waals surface area (Å²) in [7, 11) is -0.784. The number of rotatable bonds is 7. The van der Waals surface area contributed by atoms with Crippen LogP contribution in [0.2, 0.25) is 5.04 Å². The van der Waals surface area contributed by atoms with E-state index in [0.717, 1.165) is 18.3 Å². The van der Waals surface area contributed by atoms with Gasteiger partial charge in [-0.2, -0.15) is 0 Å². The van der Waals surface area contributed by atoms with Crippen molar-refractivity contribution < 1.29 is 9.22 Å². The molecule has 8 heteroatoms. The maximum atomic E-state index is 11.8. The molecular formula is C20H31N5O2Si. The summed E-state index contributed by atoms with van der Waals surface area (Å²) in [6.07, 6.45) is 6.92. The lowest BCUT2D eigenvalue weighted by molar-refractivity contribution is -0.106. The fourth-order valence-electron chi connectivity index (χ4n) is 3.54. The number of nitrogens with two attached hydrogens (primary N) is 1. The number of carbonyl (C=O) groups is 1. The van der Waals surface area contributed by atoms with E-state index in [1.165, 1.54) is 6.33 Å². The number of aromatic nitrogens is 4. The molecule has 28 heavy (non-hydrogen) atoms. The normalized spacial score (nSPS) is 21.2. The van der Waals surface area contributed by atoms with Gasteiger partial charge in [-0.05, 0) is 36.8 Å². The molecule has 2 aromatic rings. The van der Waals surface area contributed by atoms with Gasteiger partial charge in [0.2, 0.25) is 0 Å². The van der Waals surface area contributed by atoms with Crippen molar-refractivity contribution in [2.45, 2.75) is 64.6 Å². The lowest BCUT2D eigenvalue weighted by Crippen LogP contribution is -2.39. The zero-order valence-corrected chi connectivity index (χ0v) is 19.1. The van der Waals surface area contributed by atoms with Crippen molar-refractivity contribution >= 4 is 33.0 Å². The maximum absolute atomic E-state index is 11.8. The number of fused-ring (bicyclic) bond motifs is 1. The third-order valence-corrected chi connectivity index (χ3v) is 8.81. The molecule has 0 aliphatic heterocycles. The van der Waals surface area contributed by atoms with Gasteiger partial charge >= 0.3 is 0 Å². The van der Waals surface area contributed by atoms with E-state index in [1.807, 2.05) is 10.6 Å². The molecule has 1 aliphatic carbocycles. The third-order valence-electron chi connectivity index (χ3n) is 6.36. The van der Waals surface area contributed by atoms with Crippen LogP contribution in [-0.4, -0.2) is 41.2 Å². The van der Waals surface area contributed by atoms with Gasteiger partial charge in [0, 0.05) is 5.92 Å². The van der Waals surface area contributed by atoms with E-state index in [9.17, 15) is 4.79 Å². The van der Waals surface area contributed by atoms with Gasteiger partial charge in [0.15, 0.2) is 21.2 Å². The first-order chi connectivity index (χ1) is 13.1. The van der Waals surface area contributed by atoms with Crippen LogP contribution in [0.4, 0.5) is 5.82 Å². The van der Waals surface area contributed by atoms with Crippen LogP contribution in [0.1, 0.15) is 54.0 Å². The number of carbonyl (C=O) groups excluding carboxylic acids is 1. The first kappa shape index (κ1) is 20.7. The summed E-state index contributed by atoms with van der Waals surface area (Å²) >= 11 is 0. The fourth-order valence-corrected chi connectivity index (χ4v) is 4.81. The highest BCUT2D eigenvalue weighted by Crippen LogP contribution is 2.43. The molecule has 2 N–H and O–H groups in total. The summed E-state index contributed by atoms with van der Waals surface area (Å²) in [5.74, 6) is 0.959. The highest BCUT2D eigenvalue weighted by molar-refractivity contribution is 6.32. The van der Waals surface area contributed by atoms with Crippen molar-refractivity contribution in [2.24, 2.45) is 11.8 Å². The Bertz CT molecular complexity index is 903. The van der Waals surface area contributed by atoms with Crippen molar-refractivity contribution in [1.82, 2.24) is 19.5 Å². The van der Waals surface area contributed by atoms with Crippen molar-refractivity contribution in [3.05, 3.63) is 24.3 Å². The van der Waals surface area contributed by atoms with Crippen LogP contribution in [0.3, 0.4) is 0 Å². The number of imidazole rings is 1. The van der Waals surface area contributed by atoms with Gasteiger partial charge < -0.3 is 14.7 Å². The first-order valence-corrected chi connectivity index (χ1v) is 11.1. The Labute approximate surface area is 168 Å². The van der Waals surface area contributed by atoms with E-state index in [4.69, 9.17) is 10.2 Å². The van der Waals surface area contributed by atoms with Crippen LogP contribution in [0.25, 0.3) is 11.2 Å². The second-order valence-corrected chi connectivity index (χ2v) is 11.7. The minimum atomic E-state index is -0.784. The second kappa shape index (κ2) is 7.40. The second-order valence-electron chi connectivity index (χ2n) is 9.26. The lowest BCUT2D eigenvalue weighted by Gasteiger charge is -2.38. The summed E-state index contributed by atoms with van der Waals surface area (Å²) < 4.78 is 8.49. The lowest BCUT2D eigenvalue weighted by atomic mass is 9.85. The number of aldehydes is 1. The largest absolute Gasteiger partial charge is 0.418 e. The maximum Gasteiger partial charge on any atom is 0.168 e.